The standard InChI is InChI=1S/C11H21N3O/c1-11(9-12,10-4-7-15-8-10)13-5-6-14(2)3/h10,13H,4-8H2,1-3H3. The molecule has 1 aliphatic rings. The van der Waals surface area contributed by atoms with E-state index in [4.69, 9.17) is 4.74 Å². The topological polar surface area (TPSA) is 48.3 Å². The monoisotopic (exact) mass is 211 g/mol. The molecular weight excluding hydrogens is 190 g/mol. The fraction of sp³-hybridized carbons (Fsp3) is 0.909. The summed E-state index contributed by atoms with van der Waals surface area (Å²) in [5, 5.41) is 12.6. The molecule has 0 aliphatic carbocycles. The lowest BCUT2D eigenvalue weighted by atomic mass is 9.86. The number of nitrogens with one attached hydrogen (secondary N) is 1. The number of nitrogens with zero attached hydrogens (tertiary/aromatic N) is 2. The van der Waals surface area contributed by atoms with Crippen LogP contribution in [-0.4, -0.2) is 50.8 Å². The van der Waals surface area contributed by atoms with Gasteiger partial charge in [0.15, 0.2) is 0 Å². The third-order valence-corrected chi connectivity index (χ3v) is 3.03. The number of hydrogen-bond donors (Lipinski definition) is 1. The second-order valence-corrected chi connectivity index (χ2v) is 4.60. The Balaban J connectivity index is 2.42. The van der Waals surface area contributed by atoms with Gasteiger partial charge in [-0.25, -0.2) is 0 Å². The molecule has 0 saturated carbocycles. The molecule has 0 aromatic heterocycles. The predicted octanol–water partition coefficient (Wildman–Crippen LogP) is 0.456. The second-order valence-electron chi connectivity index (χ2n) is 4.60. The third kappa shape index (κ3) is 3.45. The lowest BCUT2D eigenvalue weighted by molar-refractivity contribution is 0.167. The zero-order chi connectivity index (χ0) is 11.3. The Labute approximate surface area is 92.2 Å². The molecule has 1 rings (SSSR count). The van der Waals surface area contributed by atoms with Crippen molar-refractivity contribution in [2.24, 2.45) is 5.92 Å². The summed E-state index contributed by atoms with van der Waals surface area (Å²) < 4.78 is 5.33. The molecule has 2 atom stereocenters. The molecule has 0 bridgehead atoms. The summed E-state index contributed by atoms with van der Waals surface area (Å²) in [6.45, 7) is 5.26. The molecule has 1 fully saturated rings. The van der Waals surface area contributed by atoms with Crippen molar-refractivity contribution in [2.75, 3.05) is 40.4 Å². The van der Waals surface area contributed by atoms with Gasteiger partial charge in [-0.15, -0.1) is 0 Å². The lowest BCUT2D eigenvalue weighted by Crippen LogP contribution is -2.49. The molecule has 2 unspecified atom stereocenters. The summed E-state index contributed by atoms with van der Waals surface area (Å²) in [5.41, 5.74) is -0.438. The Morgan fingerprint density at radius 2 is 2.33 bits per heavy atom. The van der Waals surface area contributed by atoms with E-state index in [0.717, 1.165) is 26.1 Å². The minimum atomic E-state index is -0.438. The molecule has 4 nitrogen and oxygen atoms in total. The molecule has 1 aliphatic heterocycles. The van der Waals surface area contributed by atoms with Crippen LogP contribution in [0.5, 0.6) is 0 Å². The summed E-state index contributed by atoms with van der Waals surface area (Å²) in [6.07, 6.45) is 0.985. The minimum Gasteiger partial charge on any atom is -0.381 e. The van der Waals surface area contributed by atoms with Crippen molar-refractivity contribution < 1.29 is 4.74 Å². The van der Waals surface area contributed by atoms with Crippen molar-refractivity contribution >= 4 is 0 Å². The number of nitriles is 1. The van der Waals surface area contributed by atoms with E-state index >= 15 is 0 Å². The molecule has 0 amide bonds. The van der Waals surface area contributed by atoms with E-state index in [-0.39, 0.29) is 0 Å². The van der Waals surface area contributed by atoms with E-state index in [0.29, 0.717) is 12.5 Å². The summed E-state index contributed by atoms with van der Waals surface area (Å²) in [4.78, 5) is 2.11. The molecule has 86 valence electrons. The first-order valence-corrected chi connectivity index (χ1v) is 5.47. The lowest BCUT2D eigenvalue weighted by Gasteiger charge is -2.29. The van der Waals surface area contributed by atoms with E-state index in [1.807, 2.05) is 21.0 Å². The van der Waals surface area contributed by atoms with Crippen molar-refractivity contribution in [1.29, 1.82) is 5.26 Å². The first-order valence-electron chi connectivity index (χ1n) is 5.47. The van der Waals surface area contributed by atoms with Gasteiger partial charge in [0.2, 0.25) is 0 Å². The van der Waals surface area contributed by atoms with Crippen LogP contribution in [0, 0.1) is 17.2 Å². The number of hydrogen-bond acceptors (Lipinski definition) is 4. The van der Waals surface area contributed by atoms with E-state index in [1.54, 1.807) is 0 Å². The number of rotatable bonds is 5. The normalized spacial score (nSPS) is 25.1. The summed E-state index contributed by atoms with van der Waals surface area (Å²) >= 11 is 0. The highest BCUT2D eigenvalue weighted by Crippen LogP contribution is 2.25. The third-order valence-electron chi connectivity index (χ3n) is 3.03. The van der Waals surface area contributed by atoms with Gasteiger partial charge in [0.05, 0.1) is 12.7 Å². The van der Waals surface area contributed by atoms with Gasteiger partial charge < -0.3 is 9.64 Å². The van der Waals surface area contributed by atoms with E-state index in [2.05, 4.69) is 16.3 Å². The van der Waals surface area contributed by atoms with Gasteiger partial charge in [0.1, 0.15) is 5.54 Å². The average molecular weight is 211 g/mol. The van der Waals surface area contributed by atoms with Gasteiger partial charge in [-0.1, -0.05) is 0 Å². The minimum absolute atomic E-state index is 0.324. The van der Waals surface area contributed by atoms with Gasteiger partial charge in [-0.05, 0) is 27.4 Å². The Morgan fingerprint density at radius 1 is 1.60 bits per heavy atom. The maximum atomic E-state index is 9.23. The van der Waals surface area contributed by atoms with Crippen LogP contribution in [0.2, 0.25) is 0 Å². The molecular formula is C11H21N3O. The molecule has 1 heterocycles. The molecule has 1 saturated heterocycles. The van der Waals surface area contributed by atoms with Gasteiger partial charge in [0, 0.05) is 25.6 Å². The van der Waals surface area contributed by atoms with Gasteiger partial charge in [-0.3, -0.25) is 5.32 Å². The van der Waals surface area contributed by atoms with Crippen molar-refractivity contribution in [3.8, 4) is 6.07 Å². The quantitative estimate of drug-likeness (QED) is 0.717. The fourth-order valence-electron chi connectivity index (χ4n) is 1.80. The maximum absolute atomic E-state index is 9.23. The Kier molecular flexibility index (Phi) is 4.52. The van der Waals surface area contributed by atoms with Crippen LogP contribution in [0.3, 0.4) is 0 Å². The maximum Gasteiger partial charge on any atom is 0.109 e. The van der Waals surface area contributed by atoms with Crippen molar-refractivity contribution in [3.63, 3.8) is 0 Å². The van der Waals surface area contributed by atoms with Crippen molar-refractivity contribution in [2.45, 2.75) is 18.9 Å². The summed E-state index contributed by atoms with van der Waals surface area (Å²) in [6, 6.07) is 2.38. The molecule has 0 radical (unpaired) electrons. The fourth-order valence-corrected chi connectivity index (χ4v) is 1.80. The Morgan fingerprint density at radius 3 is 2.80 bits per heavy atom. The number of ether oxygens (including phenoxy) is 1. The van der Waals surface area contributed by atoms with Crippen LogP contribution in [0.15, 0.2) is 0 Å². The van der Waals surface area contributed by atoms with Gasteiger partial charge in [-0.2, -0.15) is 5.26 Å². The van der Waals surface area contributed by atoms with Crippen molar-refractivity contribution in [3.05, 3.63) is 0 Å². The van der Waals surface area contributed by atoms with Crippen LogP contribution in [0.4, 0.5) is 0 Å². The first-order chi connectivity index (χ1) is 7.08. The van der Waals surface area contributed by atoms with Gasteiger partial charge in [0.25, 0.3) is 0 Å². The Hall–Kier alpha value is -0.630. The molecule has 4 heteroatoms. The van der Waals surface area contributed by atoms with Gasteiger partial charge >= 0.3 is 0 Å². The smallest absolute Gasteiger partial charge is 0.109 e. The SMILES string of the molecule is CN(C)CCNC(C)(C#N)C1CCOC1. The van der Waals surface area contributed by atoms with Crippen molar-refractivity contribution in [1.82, 2.24) is 10.2 Å². The second kappa shape index (κ2) is 5.45. The van der Waals surface area contributed by atoms with Crippen LogP contribution in [0.25, 0.3) is 0 Å². The number of likely N-dealkylation sites (N-methyl/N-ethyl adjacent to an activating group) is 1. The largest absolute Gasteiger partial charge is 0.381 e. The van der Waals surface area contributed by atoms with Crippen LogP contribution < -0.4 is 5.32 Å². The van der Waals surface area contributed by atoms with E-state index in [9.17, 15) is 5.26 Å². The predicted molar refractivity (Wildman–Crippen MR) is 59.5 cm³/mol. The summed E-state index contributed by atoms with van der Waals surface area (Å²) in [7, 11) is 4.06. The molecule has 15 heavy (non-hydrogen) atoms. The zero-order valence-electron chi connectivity index (χ0n) is 9.92. The highest BCUT2D eigenvalue weighted by molar-refractivity contribution is 5.08. The van der Waals surface area contributed by atoms with E-state index in [1.165, 1.54) is 0 Å². The summed E-state index contributed by atoms with van der Waals surface area (Å²) in [5.74, 6) is 0.324. The van der Waals surface area contributed by atoms with E-state index < -0.39 is 5.54 Å². The van der Waals surface area contributed by atoms with Crippen LogP contribution in [-0.2, 0) is 4.74 Å². The molecule has 0 aromatic rings. The Bertz CT molecular complexity index is 230. The highest BCUT2D eigenvalue weighted by atomic mass is 16.5. The molecule has 1 N–H and O–H groups in total. The zero-order valence-corrected chi connectivity index (χ0v) is 9.92. The molecule has 0 aromatic carbocycles. The van der Waals surface area contributed by atoms with Crippen LogP contribution in [0.1, 0.15) is 13.3 Å². The van der Waals surface area contributed by atoms with Crippen LogP contribution >= 0.6 is 0 Å². The highest BCUT2D eigenvalue weighted by Gasteiger charge is 2.36. The molecule has 0 spiro atoms. The first kappa shape index (κ1) is 12.4. The average Bonchev–Trinajstić information content (AvgIpc) is 2.70.